The Morgan fingerprint density at radius 3 is 2.67 bits per heavy atom. The smallest absolute Gasteiger partial charge is 0.416 e. The van der Waals surface area contributed by atoms with Crippen molar-refractivity contribution in [3.05, 3.63) is 71.1 Å². The fourth-order valence-electron chi connectivity index (χ4n) is 2.62. The summed E-state index contributed by atoms with van der Waals surface area (Å²) in [6.45, 7) is 1.56. The summed E-state index contributed by atoms with van der Waals surface area (Å²) >= 11 is 1.43. The van der Waals surface area contributed by atoms with Crippen molar-refractivity contribution in [1.29, 1.82) is 0 Å². The van der Waals surface area contributed by atoms with E-state index in [1.807, 2.05) is 17.5 Å². The number of benzene rings is 1. The molecule has 10 heteroatoms. The molecule has 0 spiro atoms. The Balaban J connectivity index is 1.47. The summed E-state index contributed by atoms with van der Waals surface area (Å²) in [5.74, 6) is -0.438. The Kier molecular flexibility index (Phi) is 5.17. The van der Waals surface area contributed by atoms with Crippen LogP contribution in [0.2, 0.25) is 0 Å². The topological polar surface area (TPSA) is 78.4 Å². The third-order valence-electron chi connectivity index (χ3n) is 4.09. The average Bonchev–Trinajstić information content (AvgIpc) is 3.48. The normalized spacial score (nSPS) is 12.7. The number of thiophene rings is 1. The van der Waals surface area contributed by atoms with Gasteiger partial charge in [0.05, 0.1) is 10.4 Å². The third-order valence-corrected chi connectivity index (χ3v) is 4.94. The molecule has 6 nitrogen and oxygen atoms in total. The zero-order valence-corrected chi connectivity index (χ0v) is 16.2. The Bertz CT molecular complexity index is 1160. The molecule has 154 valence electrons. The zero-order chi connectivity index (χ0) is 21.3. The van der Waals surface area contributed by atoms with E-state index in [0.717, 1.165) is 17.0 Å². The molecule has 4 aromatic rings. The SMILES string of the molecule is C[C@@H](OC(=O)c1ccc(-c2cccc(C(F)(F)F)c2)o1)c1nnc(-c2cccs2)o1. The minimum Gasteiger partial charge on any atom is -0.449 e. The van der Waals surface area contributed by atoms with E-state index in [4.69, 9.17) is 13.6 Å². The van der Waals surface area contributed by atoms with Crippen LogP contribution in [0.3, 0.4) is 0 Å². The van der Waals surface area contributed by atoms with Crippen molar-refractivity contribution in [2.24, 2.45) is 0 Å². The molecule has 0 fully saturated rings. The number of furan rings is 1. The molecular formula is C20H13F3N2O4S. The van der Waals surface area contributed by atoms with Crippen LogP contribution in [0.5, 0.6) is 0 Å². The predicted octanol–water partition coefficient (Wildman–Crippen LogP) is 5.99. The van der Waals surface area contributed by atoms with E-state index in [-0.39, 0.29) is 23.0 Å². The maximum atomic E-state index is 12.9. The lowest BCUT2D eigenvalue weighted by atomic mass is 10.1. The number of esters is 1. The number of hydrogen-bond donors (Lipinski definition) is 0. The second-order valence-electron chi connectivity index (χ2n) is 6.21. The van der Waals surface area contributed by atoms with Gasteiger partial charge >= 0.3 is 12.1 Å². The highest BCUT2D eigenvalue weighted by Gasteiger charge is 2.31. The first-order valence-corrected chi connectivity index (χ1v) is 9.55. The quantitative estimate of drug-likeness (QED) is 0.359. The molecular weight excluding hydrogens is 421 g/mol. The molecule has 0 aliphatic heterocycles. The van der Waals surface area contributed by atoms with Gasteiger partial charge in [0.1, 0.15) is 5.76 Å². The molecule has 0 saturated carbocycles. The molecule has 1 atom stereocenters. The summed E-state index contributed by atoms with van der Waals surface area (Å²) in [4.78, 5) is 13.1. The molecule has 0 saturated heterocycles. The lowest BCUT2D eigenvalue weighted by Gasteiger charge is -2.08. The summed E-state index contributed by atoms with van der Waals surface area (Å²) < 4.78 is 54.9. The summed E-state index contributed by atoms with van der Waals surface area (Å²) in [5, 5.41) is 9.66. The Labute approximate surface area is 171 Å². The van der Waals surface area contributed by atoms with Crippen molar-refractivity contribution >= 4 is 17.3 Å². The van der Waals surface area contributed by atoms with E-state index in [1.54, 1.807) is 6.92 Å². The van der Waals surface area contributed by atoms with E-state index < -0.39 is 23.8 Å². The maximum Gasteiger partial charge on any atom is 0.416 e. The molecule has 0 radical (unpaired) electrons. The summed E-state index contributed by atoms with van der Waals surface area (Å²) in [5.41, 5.74) is -0.624. The number of nitrogens with zero attached hydrogens (tertiary/aromatic N) is 2. The number of carbonyl (C=O) groups excluding carboxylic acids is 1. The molecule has 0 aliphatic rings. The van der Waals surface area contributed by atoms with Gasteiger partial charge in [0, 0.05) is 5.56 Å². The summed E-state index contributed by atoms with van der Waals surface area (Å²) in [6, 6.07) is 11.0. The van der Waals surface area contributed by atoms with Crippen molar-refractivity contribution < 1.29 is 31.5 Å². The number of halogens is 3. The highest BCUT2D eigenvalue weighted by atomic mass is 32.1. The molecule has 30 heavy (non-hydrogen) atoms. The van der Waals surface area contributed by atoms with Crippen molar-refractivity contribution in [3.8, 4) is 22.1 Å². The van der Waals surface area contributed by atoms with E-state index in [9.17, 15) is 18.0 Å². The van der Waals surface area contributed by atoms with Crippen LogP contribution in [0, 0.1) is 0 Å². The van der Waals surface area contributed by atoms with Crippen molar-refractivity contribution in [2.45, 2.75) is 19.2 Å². The number of carbonyl (C=O) groups is 1. The van der Waals surface area contributed by atoms with Crippen LogP contribution in [-0.2, 0) is 10.9 Å². The van der Waals surface area contributed by atoms with Gasteiger partial charge in [-0.2, -0.15) is 13.2 Å². The zero-order valence-electron chi connectivity index (χ0n) is 15.3. The van der Waals surface area contributed by atoms with Gasteiger partial charge in [-0.1, -0.05) is 18.2 Å². The number of alkyl halides is 3. The number of rotatable bonds is 5. The van der Waals surface area contributed by atoms with Gasteiger partial charge in [-0.05, 0) is 42.6 Å². The molecule has 3 heterocycles. The molecule has 1 aromatic carbocycles. The fourth-order valence-corrected chi connectivity index (χ4v) is 3.26. The van der Waals surface area contributed by atoms with Crippen molar-refractivity contribution in [1.82, 2.24) is 10.2 Å². The second-order valence-corrected chi connectivity index (χ2v) is 7.16. The van der Waals surface area contributed by atoms with Gasteiger partial charge in [0.2, 0.25) is 5.76 Å². The van der Waals surface area contributed by atoms with Crippen LogP contribution < -0.4 is 0 Å². The van der Waals surface area contributed by atoms with Gasteiger partial charge in [-0.3, -0.25) is 0 Å². The van der Waals surface area contributed by atoms with Crippen molar-refractivity contribution in [2.75, 3.05) is 0 Å². The molecule has 0 unspecified atom stereocenters. The van der Waals surface area contributed by atoms with E-state index in [2.05, 4.69) is 10.2 Å². The maximum absolute atomic E-state index is 12.9. The van der Waals surface area contributed by atoms with E-state index in [1.165, 1.54) is 35.6 Å². The minimum absolute atomic E-state index is 0.108. The largest absolute Gasteiger partial charge is 0.449 e. The first-order valence-electron chi connectivity index (χ1n) is 8.67. The van der Waals surface area contributed by atoms with Crippen LogP contribution in [0.25, 0.3) is 22.1 Å². The molecule has 0 bridgehead atoms. The number of hydrogen-bond acceptors (Lipinski definition) is 7. The van der Waals surface area contributed by atoms with Crippen molar-refractivity contribution in [3.63, 3.8) is 0 Å². The summed E-state index contributed by atoms with van der Waals surface area (Å²) in [7, 11) is 0. The van der Waals surface area contributed by atoms with Crippen LogP contribution in [-0.4, -0.2) is 16.2 Å². The van der Waals surface area contributed by atoms with Gasteiger partial charge in [0.25, 0.3) is 11.8 Å². The predicted molar refractivity (Wildman–Crippen MR) is 101 cm³/mol. The average molecular weight is 434 g/mol. The highest BCUT2D eigenvalue weighted by Crippen LogP contribution is 2.33. The molecule has 0 amide bonds. The third kappa shape index (κ3) is 4.13. The fraction of sp³-hybridized carbons (Fsp3) is 0.150. The van der Waals surface area contributed by atoms with Gasteiger partial charge in [0.15, 0.2) is 6.10 Å². The Morgan fingerprint density at radius 2 is 1.93 bits per heavy atom. The summed E-state index contributed by atoms with van der Waals surface area (Å²) in [6.07, 6.45) is -5.33. The first kappa shape index (κ1) is 19.9. The van der Waals surface area contributed by atoms with Gasteiger partial charge in [-0.15, -0.1) is 21.5 Å². The lowest BCUT2D eigenvalue weighted by molar-refractivity contribution is -0.137. The highest BCUT2D eigenvalue weighted by molar-refractivity contribution is 7.13. The standard InChI is InChI=1S/C20H13F3N2O4S/c1-11(17-24-25-18(29-17)16-6-3-9-30-16)27-19(26)15-8-7-14(28-15)12-4-2-5-13(10-12)20(21,22)23/h2-11H,1H3/t11-/m1/s1. The van der Waals surface area contributed by atoms with Gasteiger partial charge < -0.3 is 13.6 Å². The number of ether oxygens (including phenoxy) is 1. The van der Waals surface area contributed by atoms with E-state index >= 15 is 0 Å². The van der Waals surface area contributed by atoms with Crippen LogP contribution in [0.1, 0.15) is 35.0 Å². The molecule has 0 N–H and O–H groups in total. The molecule has 0 aliphatic carbocycles. The molecule has 3 aromatic heterocycles. The Morgan fingerprint density at radius 1 is 1.10 bits per heavy atom. The molecule has 4 rings (SSSR count). The van der Waals surface area contributed by atoms with Crippen LogP contribution in [0.15, 0.2) is 62.7 Å². The van der Waals surface area contributed by atoms with Gasteiger partial charge in [-0.25, -0.2) is 4.79 Å². The second kappa shape index (κ2) is 7.79. The van der Waals surface area contributed by atoms with Crippen LogP contribution >= 0.6 is 11.3 Å². The Hall–Kier alpha value is -3.40. The van der Waals surface area contributed by atoms with Crippen LogP contribution in [0.4, 0.5) is 13.2 Å². The number of aromatic nitrogens is 2. The minimum atomic E-state index is -4.48. The van der Waals surface area contributed by atoms with E-state index in [0.29, 0.717) is 5.89 Å². The first-order chi connectivity index (χ1) is 14.3. The monoisotopic (exact) mass is 434 g/mol. The lowest BCUT2D eigenvalue weighted by Crippen LogP contribution is -2.08.